The second-order valence-corrected chi connectivity index (χ2v) is 12.6. The van der Waals surface area contributed by atoms with Crippen LogP contribution in [0.4, 0.5) is 0 Å². The first-order chi connectivity index (χ1) is 17.9. The number of benzene rings is 1. The van der Waals surface area contributed by atoms with E-state index in [-0.39, 0.29) is 29.9 Å². The van der Waals surface area contributed by atoms with Crippen molar-refractivity contribution in [2.24, 2.45) is 40.4 Å². The van der Waals surface area contributed by atoms with Gasteiger partial charge in [0.1, 0.15) is 23.2 Å². The third-order valence-electron chi connectivity index (χ3n) is 10.6. The Kier molecular flexibility index (Phi) is 6.70. The van der Waals surface area contributed by atoms with E-state index in [2.05, 4.69) is 0 Å². The summed E-state index contributed by atoms with van der Waals surface area (Å²) >= 11 is 0. The molecule has 2 N–H and O–H groups in total. The number of phenolic OH excluding ortho intramolecular Hbond substituents is 1. The van der Waals surface area contributed by atoms with Crippen molar-refractivity contribution < 1.29 is 39.0 Å². The van der Waals surface area contributed by atoms with Crippen LogP contribution in [0.2, 0.25) is 0 Å². The number of Topliss-reactive ketones (excluding diaryl/α,β-unsaturated/α-hetero) is 6. The molecule has 0 aromatic heterocycles. The highest BCUT2D eigenvalue weighted by molar-refractivity contribution is 6.32. The molecule has 2 saturated carbocycles. The molecule has 39 heavy (non-hydrogen) atoms. The van der Waals surface area contributed by atoms with E-state index in [0.717, 1.165) is 6.92 Å². The number of carbonyl (C=O) groups is 6. The van der Waals surface area contributed by atoms with Crippen LogP contribution >= 0.6 is 0 Å². The lowest BCUT2D eigenvalue weighted by atomic mass is 9.34. The van der Waals surface area contributed by atoms with Gasteiger partial charge in [-0.1, -0.05) is 53.7 Å². The SMILES string of the molecule is CCC(=O)C[C@@H]1[C@]2(C)C(C(=O)c3c(ccc(C)c3O)[C@H]2C)C(=O)[C@@]2(O)C(=O)C(C(C)=O)C(=O)C(C(C)C)[C@@]12C. The van der Waals surface area contributed by atoms with Gasteiger partial charge in [-0.25, -0.2) is 0 Å². The van der Waals surface area contributed by atoms with Gasteiger partial charge in [-0.05, 0) is 48.1 Å². The molecule has 8 atom stereocenters. The summed E-state index contributed by atoms with van der Waals surface area (Å²) in [6.07, 6.45) is -0.0299. The minimum absolute atomic E-state index is 0.0334. The second kappa shape index (κ2) is 9.01. The molecule has 1 aromatic rings. The van der Waals surface area contributed by atoms with Crippen molar-refractivity contribution in [1.82, 2.24) is 0 Å². The number of carbonyl (C=O) groups excluding carboxylic acids is 6. The molecule has 4 rings (SSSR count). The number of fused-ring (bicyclic) bond motifs is 3. The van der Waals surface area contributed by atoms with Gasteiger partial charge in [-0.2, -0.15) is 0 Å². The maximum absolute atomic E-state index is 14.6. The number of aliphatic hydroxyl groups is 1. The van der Waals surface area contributed by atoms with Gasteiger partial charge in [-0.15, -0.1) is 0 Å². The number of aryl methyl sites for hydroxylation is 1. The van der Waals surface area contributed by atoms with Gasteiger partial charge < -0.3 is 10.2 Å². The number of phenols is 1. The summed E-state index contributed by atoms with van der Waals surface area (Å²) in [5.41, 5.74) is -5.01. The lowest BCUT2D eigenvalue weighted by Gasteiger charge is -2.67. The van der Waals surface area contributed by atoms with Crippen molar-refractivity contribution in [2.45, 2.75) is 79.8 Å². The quantitative estimate of drug-likeness (QED) is 0.542. The third-order valence-corrected chi connectivity index (χ3v) is 10.6. The summed E-state index contributed by atoms with van der Waals surface area (Å²) in [6, 6.07) is 3.40. The van der Waals surface area contributed by atoms with Crippen LogP contribution in [0.15, 0.2) is 12.1 Å². The maximum Gasteiger partial charge on any atom is 0.190 e. The molecule has 0 saturated heterocycles. The van der Waals surface area contributed by atoms with Gasteiger partial charge in [0.15, 0.2) is 28.7 Å². The van der Waals surface area contributed by atoms with Gasteiger partial charge >= 0.3 is 0 Å². The molecule has 3 aliphatic carbocycles. The van der Waals surface area contributed by atoms with Crippen molar-refractivity contribution in [3.63, 3.8) is 0 Å². The van der Waals surface area contributed by atoms with Gasteiger partial charge in [0, 0.05) is 24.2 Å². The van der Waals surface area contributed by atoms with Crippen LogP contribution in [0, 0.1) is 47.3 Å². The number of aromatic hydroxyl groups is 1. The monoisotopic (exact) mass is 538 g/mol. The Bertz CT molecular complexity index is 1340. The van der Waals surface area contributed by atoms with Gasteiger partial charge in [-0.3, -0.25) is 28.8 Å². The van der Waals surface area contributed by atoms with Crippen molar-refractivity contribution in [2.75, 3.05) is 0 Å². The Morgan fingerprint density at radius 1 is 1.05 bits per heavy atom. The van der Waals surface area contributed by atoms with E-state index >= 15 is 0 Å². The zero-order chi connectivity index (χ0) is 29.6. The van der Waals surface area contributed by atoms with Crippen LogP contribution in [0.1, 0.15) is 88.7 Å². The summed E-state index contributed by atoms with van der Waals surface area (Å²) in [5.74, 6) is -11.5. The molecule has 8 nitrogen and oxygen atoms in total. The van der Waals surface area contributed by atoms with Crippen molar-refractivity contribution in [3.05, 3.63) is 28.8 Å². The average molecular weight is 539 g/mol. The summed E-state index contributed by atoms with van der Waals surface area (Å²) in [6.45, 7) is 12.9. The van der Waals surface area contributed by atoms with Gasteiger partial charge in [0.25, 0.3) is 0 Å². The molecule has 0 radical (unpaired) electrons. The number of hydrogen-bond acceptors (Lipinski definition) is 8. The molecule has 210 valence electrons. The molecule has 2 fully saturated rings. The predicted octanol–water partition coefficient (Wildman–Crippen LogP) is 3.56. The molecular weight excluding hydrogens is 500 g/mol. The molecule has 0 spiro atoms. The fourth-order valence-electron chi connectivity index (χ4n) is 8.47. The molecule has 0 bridgehead atoms. The van der Waals surface area contributed by atoms with Gasteiger partial charge in [0.05, 0.1) is 11.5 Å². The Balaban J connectivity index is 2.15. The zero-order valence-corrected chi connectivity index (χ0v) is 23.9. The van der Waals surface area contributed by atoms with E-state index in [4.69, 9.17) is 0 Å². The van der Waals surface area contributed by atoms with E-state index in [0.29, 0.717) is 11.1 Å². The van der Waals surface area contributed by atoms with Crippen molar-refractivity contribution >= 4 is 34.7 Å². The zero-order valence-electron chi connectivity index (χ0n) is 23.9. The van der Waals surface area contributed by atoms with E-state index < -0.39 is 80.9 Å². The van der Waals surface area contributed by atoms with Crippen molar-refractivity contribution in [1.29, 1.82) is 0 Å². The average Bonchev–Trinajstić information content (AvgIpc) is 2.84. The van der Waals surface area contributed by atoms with Crippen molar-refractivity contribution in [3.8, 4) is 5.75 Å². The summed E-state index contributed by atoms with van der Waals surface area (Å²) in [4.78, 5) is 82.4. The first kappa shape index (κ1) is 29.0. The standard InChI is InChI=1S/C31H38O8/c1-9-17(33)12-19-29(7)15(5)18-11-10-14(4)24(34)21(18)26(36)23(29)28(38)31(39)27(37)20(16(6)32)25(35)22(13(2)3)30(19,31)8/h10-11,13,15,19-20,22-23,34,39H,9,12H2,1-8H3/t15-,19-,20?,22?,23?,29-,30-,31+/m1/s1. The maximum atomic E-state index is 14.6. The summed E-state index contributed by atoms with van der Waals surface area (Å²) < 4.78 is 0. The molecule has 0 amide bonds. The molecule has 0 heterocycles. The second-order valence-electron chi connectivity index (χ2n) is 12.6. The Morgan fingerprint density at radius 2 is 1.64 bits per heavy atom. The van der Waals surface area contributed by atoms with Crippen LogP contribution in [0.3, 0.4) is 0 Å². The molecule has 3 aliphatic rings. The Morgan fingerprint density at radius 3 is 2.15 bits per heavy atom. The first-order valence-corrected chi connectivity index (χ1v) is 13.7. The molecule has 8 heteroatoms. The van der Waals surface area contributed by atoms with Crippen LogP contribution in [-0.4, -0.2) is 50.5 Å². The Labute approximate surface area is 228 Å². The summed E-state index contributed by atoms with van der Waals surface area (Å²) in [7, 11) is 0. The lowest BCUT2D eigenvalue weighted by Crippen LogP contribution is -2.80. The Hall–Kier alpha value is -3.00. The van der Waals surface area contributed by atoms with E-state index in [1.54, 1.807) is 46.8 Å². The number of hydrogen-bond donors (Lipinski definition) is 2. The smallest absolute Gasteiger partial charge is 0.190 e. The molecule has 1 aromatic carbocycles. The number of ketones is 6. The number of rotatable bonds is 5. The fraction of sp³-hybridized carbons (Fsp3) is 0.613. The normalized spacial score (nSPS) is 37.8. The van der Waals surface area contributed by atoms with E-state index in [9.17, 15) is 39.0 Å². The minimum atomic E-state index is -2.86. The highest BCUT2D eigenvalue weighted by Crippen LogP contribution is 2.70. The van der Waals surface area contributed by atoms with Crippen LogP contribution in [0.25, 0.3) is 0 Å². The largest absolute Gasteiger partial charge is 0.507 e. The third kappa shape index (κ3) is 3.33. The summed E-state index contributed by atoms with van der Waals surface area (Å²) in [5, 5.41) is 23.3. The first-order valence-electron chi connectivity index (χ1n) is 13.7. The molecule has 0 aliphatic heterocycles. The molecular formula is C31H38O8. The van der Waals surface area contributed by atoms with Crippen LogP contribution in [-0.2, 0) is 24.0 Å². The minimum Gasteiger partial charge on any atom is -0.507 e. The molecule has 3 unspecified atom stereocenters. The van der Waals surface area contributed by atoms with E-state index in [1.165, 1.54) is 6.92 Å². The topological polar surface area (TPSA) is 143 Å². The fourth-order valence-corrected chi connectivity index (χ4v) is 8.47. The highest BCUT2D eigenvalue weighted by atomic mass is 16.3. The van der Waals surface area contributed by atoms with E-state index in [1.807, 2.05) is 6.92 Å². The predicted molar refractivity (Wildman–Crippen MR) is 141 cm³/mol. The van der Waals surface area contributed by atoms with Crippen LogP contribution < -0.4 is 0 Å². The van der Waals surface area contributed by atoms with Gasteiger partial charge in [0.2, 0.25) is 0 Å². The highest BCUT2D eigenvalue weighted by Gasteiger charge is 2.80. The lowest BCUT2D eigenvalue weighted by molar-refractivity contribution is -0.225. The van der Waals surface area contributed by atoms with Crippen LogP contribution in [0.5, 0.6) is 5.75 Å².